The van der Waals surface area contributed by atoms with Crippen LogP contribution in [-0.4, -0.2) is 75.2 Å². The average Bonchev–Trinajstić information content (AvgIpc) is 2.72. The minimum atomic E-state index is -3.66. The Hall–Kier alpha value is -0.860. The second-order valence-electron chi connectivity index (χ2n) is 5.93. The maximum absolute atomic E-state index is 12.8. The van der Waals surface area contributed by atoms with E-state index >= 15 is 0 Å². The number of rotatable bonds is 4. The first-order chi connectivity index (χ1) is 11.2. The van der Waals surface area contributed by atoms with Crippen LogP contribution in [0.5, 0.6) is 0 Å². The summed E-state index contributed by atoms with van der Waals surface area (Å²) in [6.07, 6.45) is 0.661. The Bertz CT molecular complexity index is 690. The minimum absolute atomic E-state index is 0.00734. The highest BCUT2D eigenvalue weighted by atomic mass is 35.5. The van der Waals surface area contributed by atoms with Gasteiger partial charge in [-0.1, -0.05) is 23.2 Å². The van der Waals surface area contributed by atoms with Crippen LogP contribution in [0.25, 0.3) is 0 Å². The molecule has 134 valence electrons. The normalized spacial score (nSPS) is 17.5. The van der Waals surface area contributed by atoms with Crippen molar-refractivity contribution < 1.29 is 13.2 Å². The minimum Gasteiger partial charge on any atom is -0.348 e. The first-order valence-electron chi connectivity index (χ1n) is 7.59. The molecule has 0 unspecified atom stereocenters. The molecule has 0 saturated carbocycles. The largest absolute Gasteiger partial charge is 0.348 e. The van der Waals surface area contributed by atoms with E-state index in [2.05, 4.69) is 0 Å². The second kappa shape index (κ2) is 8.01. The van der Waals surface area contributed by atoms with E-state index in [9.17, 15) is 13.2 Å². The molecule has 0 spiro atoms. The van der Waals surface area contributed by atoms with Crippen molar-refractivity contribution in [2.45, 2.75) is 11.3 Å². The van der Waals surface area contributed by atoms with E-state index in [1.165, 1.54) is 27.4 Å². The van der Waals surface area contributed by atoms with Crippen LogP contribution >= 0.6 is 23.2 Å². The highest BCUT2D eigenvalue weighted by Crippen LogP contribution is 2.25. The average molecular weight is 394 g/mol. The molecule has 0 bridgehead atoms. The van der Waals surface area contributed by atoms with Gasteiger partial charge in [0.05, 0.1) is 11.4 Å². The molecule has 1 amide bonds. The molecule has 0 atom stereocenters. The summed E-state index contributed by atoms with van der Waals surface area (Å²) in [5, 5.41) is 0.572. The van der Waals surface area contributed by atoms with Crippen molar-refractivity contribution in [1.82, 2.24) is 14.1 Å². The third-order valence-corrected chi connectivity index (χ3v) is 6.19. The van der Waals surface area contributed by atoms with Gasteiger partial charge in [-0.15, -0.1) is 0 Å². The van der Waals surface area contributed by atoms with E-state index in [-0.39, 0.29) is 20.8 Å². The SMILES string of the molecule is CN(C)C(=O)CN1CCCN(S(=O)(=O)c2cc(Cl)cc(Cl)c2)CC1. The van der Waals surface area contributed by atoms with E-state index < -0.39 is 10.0 Å². The number of carbonyl (C=O) groups excluding carboxylic acids is 1. The lowest BCUT2D eigenvalue weighted by atomic mass is 10.4. The molecule has 0 radical (unpaired) electrons. The van der Waals surface area contributed by atoms with E-state index in [1.54, 1.807) is 14.1 Å². The van der Waals surface area contributed by atoms with Crippen LogP contribution in [0, 0.1) is 0 Å². The fourth-order valence-corrected chi connectivity index (χ4v) is 4.70. The molecule has 1 aliphatic heterocycles. The Morgan fingerprint density at radius 1 is 1.08 bits per heavy atom. The lowest BCUT2D eigenvalue weighted by Gasteiger charge is -2.22. The summed E-state index contributed by atoms with van der Waals surface area (Å²) in [6.45, 7) is 2.21. The summed E-state index contributed by atoms with van der Waals surface area (Å²) in [6, 6.07) is 4.31. The number of benzene rings is 1. The van der Waals surface area contributed by atoms with Gasteiger partial charge in [-0.25, -0.2) is 8.42 Å². The molecule has 0 aromatic heterocycles. The van der Waals surface area contributed by atoms with Gasteiger partial charge >= 0.3 is 0 Å². The number of sulfonamides is 1. The van der Waals surface area contributed by atoms with Crippen LogP contribution in [0.4, 0.5) is 0 Å². The Labute approximate surface area is 153 Å². The van der Waals surface area contributed by atoms with Gasteiger partial charge in [-0.2, -0.15) is 4.31 Å². The lowest BCUT2D eigenvalue weighted by Crippen LogP contribution is -2.39. The number of hydrogen-bond acceptors (Lipinski definition) is 4. The van der Waals surface area contributed by atoms with Gasteiger partial charge in [-0.05, 0) is 31.2 Å². The van der Waals surface area contributed by atoms with Crippen LogP contribution in [0.2, 0.25) is 10.0 Å². The monoisotopic (exact) mass is 393 g/mol. The zero-order valence-corrected chi connectivity index (χ0v) is 16.0. The maximum Gasteiger partial charge on any atom is 0.243 e. The number of halogens is 2. The van der Waals surface area contributed by atoms with Crippen molar-refractivity contribution >= 4 is 39.1 Å². The van der Waals surface area contributed by atoms with Gasteiger partial charge in [0.1, 0.15) is 0 Å². The van der Waals surface area contributed by atoms with Crippen molar-refractivity contribution in [1.29, 1.82) is 0 Å². The lowest BCUT2D eigenvalue weighted by molar-refractivity contribution is -0.129. The van der Waals surface area contributed by atoms with Gasteiger partial charge in [0.2, 0.25) is 15.9 Å². The third-order valence-electron chi connectivity index (χ3n) is 3.88. The quantitative estimate of drug-likeness (QED) is 0.781. The Kier molecular flexibility index (Phi) is 6.50. The second-order valence-corrected chi connectivity index (χ2v) is 8.74. The van der Waals surface area contributed by atoms with Gasteiger partial charge in [0, 0.05) is 43.8 Å². The molecule has 2 rings (SSSR count). The Balaban J connectivity index is 2.11. The molecule has 1 heterocycles. The molecule has 1 saturated heterocycles. The fraction of sp³-hybridized carbons (Fsp3) is 0.533. The zero-order valence-electron chi connectivity index (χ0n) is 13.7. The highest BCUT2D eigenvalue weighted by Gasteiger charge is 2.28. The molecule has 1 fully saturated rings. The van der Waals surface area contributed by atoms with Crippen molar-refractivity contribution in [2.75, 3.05) is 46.8 Å². The molecular weight excluding hydrogens is 373 g/mol. The maximum atomic E-state index is 12.8. The van der Waals surface area contributed by atoms with Gasteiger partial charge in [-0.3, -0.25) is 9.69 Å². The number of amides is 1. The van der Waals surface area contributed by atoms with E-state index in [0.29, 0.717) is 39.1 Å². The predicted molar refractivity (Wildman–Crippen MR) is 95.0 cm³/mol. The summed E-state index contributed by atoms with van der Waals surface area (Å²) < 4.78 is 27.0. The Morgan fingerprint density at radius 3 is 2.29 bits per heavy atom. The third kappa shape index (κ3) is 4.83. The molecule has 24 heavy (non-hydrogen) atoms. The van der Waals surface area contributed by atoms with Crippen LogP contribution in [0.1, 0.15) is 6.42 Å². The van der Waals surface area contributed by atoms with Gasteiger partial charge < -0.3 is 4.90 Å². The summed E-state index contributed by atoms with van der Waals surface area (Å²) in [5.74, 6) is 0.00734. The first-order valence-corrected chi connectivity index (χ1v) is 9.78. The van der Waals surface area contributed by atoms with Gasteiger partial charge in [0.25, 0.3) is 0 Å². The zero-order chi connectivity index (χ0) is 17.9. The summed E-state index contributed by atoms with van der Waals surface area (Å²) in [4.78, 5) is 15.4. The Morgan fingerprint density at radius 2 is 1.71 bits per heavy atom. The van der Waals surface area contributed by atoms with E-state index in [1.807, 2.05) is 4.90 Å². The molecule has 1 aromatic carbocycles. The van der Waals surface area contributed by atoms with E-state index in [0.717, 1.165) is 0 Å². The summed E-state index contributed by atoms with van der Waals surface area (Å²) in [7, 11) is -0.240. The van der Waals surface area contributed by atoms with Crippen LogP contribution in [0.15, 0.2) is 23.1 Å². The van der Waals surface area contributed by atoms with Crippen molar-refractivity contribution in [3.05, 3.63) is 28.2 Å². The van der Waals surface area contributed by atoms with Gasteiger partial charge in [0.15, 0.2) is 0 Å². The molecule has 6 nitrogen and oxygen atoms in total. The molecular formula is C15H21Cl2N3O3S. The summed E-state index contributed by atoms with van der Waals surface area (Å²) in [5.41, 5.74) is 0. The molecule has 0 N–H and O–H groups in total. The standard InChI is InChI=1S/C15H21Cl2N3O3S/c1-18(2)15(21)11-19-4-3-5-20(7-6-19)24(22,23)14-9-12(16)8-13(17)10-14/h8-10H,3-7,11H2,1-2H3. The predicted octanol–water partition coefficient (Wildman–Crippen LogP) is 1.78. The molecule has 1 aromatic rings. The van der Waals surface area contributed by atoms with E-state index in [4.69, 9.17) is 23.2 Å². The smallest absolute Gasteiger partial charge is 0.243 e. The topological polar surface area (TPSA) is 60.9 Å². The number of carbonyl (C=O) groups is 1. The molecule has 0 aliphatic carbocycles. The van der Waals surface area contributed by atoms with Crippen LogP contribution < -0.4 is 0 Å². The highest BCUT2D eigenvalue weighted by molar-refractivity contribution is 7.89. The number of likely N-dealkylation sites (N-methyl/N-ethyl adjacent to an activating group) is 1. The first kappa shape index (κ1) is 19.5. The summed E-state index contributed by atoms with van der Waals surface area (Å²) >= 11 is 11.8. The van der Waals surface area contributed by atoms with Crippen LogP contribution in [-0.2, 0) is 14.8 Å². The van der Waals surface area contributed by atoms with Crippen LogP contribution in [0.3, 0.4) is 0 Å². The fourth-order valence-electron chi connectivity index (χ4n) is 2.50. The van der Waals surface area contributed by atoms with Crippen molar-refractivity contribution in [3.8, 4) is 0 Å². The van der Waals surface area contributed by atoms with Crippen molar-refractivity contribution in [2.24, 2.45) is 0 Å². The molecule has 9 heteroatoms. The molecule has 1 aliphatic rings. The number of nitrogens with zero attached hydrogens (tertiary/aromatic N) is 3. The van der Waals surface area contributed by atoms with Crippen molar-refractivity contribution in [3.63, 3.8) is 0 Å². The number of hydrogen-bond donors (Lipinski definition) is 0.